The maximum Gasteiger partial charge on any atom is 0.233 e. The van der Waals surface area contributed by atoms with Gasteiger partial charge in [0.05, 0.1) is 17.0 Å². The third kappa shape index (κ3) is 2.82. The summed E-state index contributed by atoms with van der Waals surface area (Å²) >= 11 is 1.60. The Morgan fingerprint density at radius 1 is 1.50 bits per heavy atom. The van der Waals surface area contributed by atoms with Crippen LogP contribution in [-0.2, 0) is 10.5 Å². The first-order valence-electron chi connectivity index (χ1n) is 6.43. The molecule has 1 atom stereocenters. The van der Waals surface area contributed by atoms with Crippen LogP contribution in [0.1, 0.15) is 44.5 Å². The van der Waals surface area contributed by atoms with E-state index in [1.165, 1.54) is 12.8 Å². The highest BCUT2D eigenvalue weighted by Crippen LogP contribution is 2.35. The molecule has 0 aliphatic heterocycles. The number of carbonyl (C=O) groups excluding carboxylic acids is 1. The van der Waals surface area contributed by atoms with Crippen LogP contribution >= 0.6 is 11.8 Å². The van der Waals surface area contributed by atoms with E-state index in [9.17, 15) is 4.79 Å². The second kappa shape index (κ2) is 4.87. The molecule has 98 valence electrons. The molecule has 0 unspecified atom stereocenters. The van der Waals surface area contributed by atoms with E-state index in [0.29, 0.717) is 17.8 Å². The number of hydrogen-bond donors (Lipinski definition) is 1. The van der Waals surface area contributed by atoms with E-state index in [4.69, 9.17) is 0 Å². The van der Waals surface area contributed by atoms with Gasteiger partial charge in [0.1, 0.15) is 0 Å². The van der Waals surface area contributed by atoms with Crippen LogP contribution in [-0.4, -0.2) is 37.4 Å². The van der Waals surface area contributed by atoms with Crippen LogP contribution < -0.4 is 5.32 Å². The summed E-state index contributed by atoms with van der Waals surface area (Å²) in [6.07, 6.45) is 4.59. The third-order valence-corrected chi connectivity index (χ3v) is 4.35. The zero-order chi connectivity index (χ0) is 12.5. The molecule has 1 N–H and O–H groups in total. The molecule has 0 radical (unpaired) electrons. The Morgan fingerprint density at radius 2 is 2.28 bits per heavy atom. The highest BCUT2D eigenvalue weighted by Gasteiger charge is 2.29. The number of nitrogens with one attached hydrogen (secondary N) is 1. The lowest BCUT2D eigenvalue weighted by atomic mass is 10.4. The molecule has 2 aliphatic rings. The fourth-order valence-electron chi connectivity index (χ4n) is 1.73. The van der Waals surface area contributed by atoms with Crippen molar-refractivity contribution in [2.75, 3.05) is 0 Å². The number of rotatable bonds is 6. The molecule has 3 rings (SSSR count). The summed E-state index contributed by atoms with van der Waals surface area (Å²) in [5, 5.41) is 14.7. The smallest absolute Gasteiger partial charge is 0.233 e. The maximum atomic E-state index is 11.8. The predicted octanol–water partition coefficient (Wildman–Crippen LogP) is 0.908. The number of tetrazole rings is 1. The predicted molar refractivity (Wildman–Crippen MR) is 68.0 cm³/mol. The highest BCUT2D eigenvalue weighted by molar-refractivity contribution is 7.99. The molecule has 0 saturated heterocycles. The summed E-state index contributed by atoms with van der Waals surface area (Å²) in [6.45, 7) is 1.94. The van der Waals surface area contributed by atoms with Gasteiger partial charge in [0.25, 0.3) is 0 Å². The second-order valence-electron chi connectivity index (χ2n) is 5.01. The Labute approximate surface area is 110 Å². The Morgan fingerprint density at radius 3 is 2.94 bits per heavy atom. The van der Waals surface area contributed by atoms with Crippen molar-refractivity contribution in [2.24, 2.45) is 0 Å². The molecule has 0 spiro atoms. The number of carbonyl (C=O) groups is 1. The summed E-state index contributed by atoms with van der Waals surface area (Å²) in [6, 6.07) is 0.920. The van der Waals surface area contributed by atoms with Crippen LogP contribution in [0.2, 0.25) is 0 Å². The molecule has 1 aromatic rings. The monoisotopic (exact) mass is 267 g/mol. The second-order valence-corrected chi connectivity index (χ2v) is 6.34. The van der Waals surface area contributed by atoms with Crippen molar-refractivity contribution in [2.45, 2.75) is 55.7 Å². The lowest BCUT2D eigenvalue weighted by molar-refractivity contribution is -0.120. The lowest BCUT2D eigenvalue weighted by Crippen LogP contribution is -2.32. The van der Waals surface area contributed by atoms with E-state index in [1.807, 2.05) is 11.6 Å². The standard InChI is InChI=1S/C11H17N5OS/c1-7(11(17)12-8-2-3-8)18-6-10-13-14-15-16(10)9-4-5-9/h7-9H,2-6H2,1H3,(H,12,17)/t7-/m1/s1. The van der Waals surface area contributed by atoms with Gasteiger partial charge >= 0.3 is 0 Å². The Bertz CT molecular complexity index is 440. The minimum atomic E-state index is -0.0463. The molecule has 1 aromatic heterocycles. The van der Waals surface area contributed by atoms with E-state index in [2.05, 4.69) is 20.8 Å². The first-order chi connectivity index (χ1) is 8.74. The average Bonchev–Trinajstić information content (AvgIpc) is 3.28. The molecule has 0 bridgehead atoms. The van der Waals surface area contributed by atoms with E-state index < -0.39 is 0 Å². The number of thioether (sulfide) groups is 1. The Balaban J connectivity index is 1.50. The van der Waals surface area contributed by atoms with Gasteiger partial charge in [0, 0.05) is 6.04 Å². The van der Waals surface area contributed by atoms with Crippen LogP contribution in [0.25, 0.3) is 0 Å². The van der Waals surface area contributed by atoms with Crippen molar-refractivity contribution in [3.63, 3.8) is 0 Å². The van der Waals surface area contributed by atoms with Crippen molar-refractivity contribution < 1.29 is 4.79 Å². The molecule has 2 aliphatic carbocycles. The summed E-state index contributed by atoms with van der Waals surface area (Å²) < 4.78 is 1.90. The SMILES string of the molecule is C[C@@H](SCc1nnnn1C1CC1)C(=O)NC1CC1. The van der Waals surface area contributed by atoms with E-state index >= 15 is 0 Å². The largest absolute Gasteiger partial charge is 0.352 e. The fourth-order valence-corrected chi connectivity index (χ4v) is 2.54. The van der Waals surface area contributed by atoms with Crippen molar-refractivity contribution in [1.82, 2.24) is 25.5 Å². The van der Waals surface area contributed by atoms with Crippen LogP contribution in [0.4, 0.5) is 0 Å². The van der Waals surface area contributed by atoms with E-state index in [1.54, 1.807) is 11.8 Å². The zero-order valence-corrected chi connectivity index (χ0v) is 11.2. The van der Waals surface area contributed by atoms with Gasteiger partial charge < -0.3 is 5.32 Å². The summed E-state index contributed by atoms with van der Waals surface area (Å²) in [5.74, 6) is 1.71. The number of amides is 1. The van der Waals surface area contributed by atoms with Gasteiger partial charge in [-0.3, -0.25) is 4.79 Å². The molecule has 1 heterocycles. The Kier molecular flexibility index (Phi) is 3.23. The maximum absolute atomic E-state index is 11.8. The van der Waals surface area contributed by atoms with Crippen molar-refractivity contribution in [3.05, 3.63) is 5.82 Å². The van der Waals surface area contributed by atoms with Crippen molar-refractivity contribution >= 4 is 17.7 Å². The Hall–Kier alpha value is -1.11. The van der Waals surface area contributed by atoms with Gasteiger partial charge in [-0.1, -0.05) is 0 Å². The zero-order valence-electron chi connectivity index (χ0n) is 10.4. The summed E-state index contributed by atoms with van der Waals surface area (Å²) in [4.78, 5) is 11.8. The molecule has 6 nitrogen and oxygen atoms in total. The number of aromatic nitrogens is 4. The first-order valence-corrected chi connectivity index (χ1v) is 7.47. The molecular formula is C11H17N5OS. The first kappa shape index (κ1) is 12.0. The highest BCUT2D eigenvalue weighted by atomic mass is 32.2. The number of nitrogens with zero attached hydrogens (tertiary/aromatic N) is 4. The minimum absolute atomic E-state index is 0.0463. The minimum Gasteiger partial charge on any atom is -0.352 e. The van der Waals surface area contributed by atoms with Crippen LogP contribution in [0.15, 0.2) is 0 Å². The van der Waals surface area contributed by atoms with Gasteiger partial charge in [-0.25, -0.2) is 4.68 Å². The van der Waals surface area contributed by atoms with Gasteiger partial charge in [0.15, 0.2) is 5.82 Å². The molecule has 2 fully saturated rings. The molecule has 2 saturated carbocycles. The normalized spacial score (nSPS) is 20.7. The van der Waals surface area contributed by atoms with Gasteiger partial charge in [-0.15, -0.1) is 16.9 Å². The third-order valence-electron chi connectivity index (χ3n) is 3.21. The molecule has 18 heavy (non-hydrogen) atoms. The number of hydrogen-bond acceptors (Lipinski definition) is 5. The fraction of sp³-hybridized carbons (Fsp3) is 0.818. The average molecular weight is 267 g/mol. The molecule has 7 heteroatoms. The molecule has 1 amide bonds. The molecule has 0 aromatic carbocycles. The van der Waals surface area contributed by atoms with Crippen LogP contribution in [0.3, 0.4) is 0 Å². The van der Waals surface area contributed by atoms with Crippen LogP contribution in [0.5, 0.6) is 0 Å². The summed E-state index contributed by atoms with van der Waals surface area (Å²) in [5.41, 5.74) is 0. The van der Waals surface area contributed by atoms with Crippen molar-refractivity contribution in [3.8, 4) is 0 Å². The van der Waals surface area contributed by atoms with Crippen molar-refractivity contribution in [1.29, 1.82) is 0 Å². The van der Waals surface area contributed by atoms with Gasteiger partial charge in [0.2, 0.25) is 5.91 Å². The summed E-state index contributed by atoms with van der Waals surface area (Å²) in [7, 11) is 0. The quantitative estimate of drug-likeness (QED) is 0.829. The van der Waals surface area contributed by atoms with E-state index in [0.717, 1.165) is 18.7 Å². The topological polar surface area (TPSA) is 72.7 Å². The van der Waals surface area contributed by atoms with Crippen LogP contribution in [0, 0.1) is 0 Å². The van der Waals surface area contributed by atoms with E-state index in [-0.39, 0.29) is 11.2 Å². The lowest BCUT2D eigenvalue weighted by Gasteiger charge is -2.11. The van der Waals surface area contributed by atoms with Gasteiger partial charge in [-0.05, 0) is 43.0 Å². The molecular weight excluding hydrogens is 250 g/mol. The van der Waals surface area contributed by atoms with Gasteiger partial charge in [-0.2, -0.15) is 0 Å².